The van der Waals surface area contributed by atoms with Gasteiger partial charge in [-0.25, -0.2) is 0 Å². The number of guanidine groups is 1. The minimum absolute atomic E-state index is 0.0337. The number of rotatable bonds is 2. The Kier molecular flexibility index (Phi) is 4.19. The molecule has 0 bridgehead atoms. The Bertz CT molecular complexity index is 703. The van der Waals surface area contributed by atoms with Crippen LogP contribution in [0.1, 0.15) is 11.7 Å². The van der Waals surface area contributed by atoms with Crippen molar-refractivity contribution in [3.8, 4) is 0 Å². The second-order valence-corrected chi connectivity index (χ2v) is 6.79. The van der Waals surface area contributed by atoms with Gasteiger partial charge in [0.25, 0.3) is 0 Å². The Labute approximate surface area is 144 Å². The zero-order valence-corrected chi connectivity index (χ0v) is 14.7. The average molecular weight is 431 g/mol. The lowest BCUT2D eigenvalue weighted by Crippen LogP contribution is -2.36. The number of nitrogens with zero attached hydrogens (tertiary/aromatic N) is 3. The van der Waals surface area contributed by atoms with Crippen molar-refractivity contribution in [1.29, 1.82) is 0 Å². The number of pyridine rings is 1. The largest absolute Gasteiger partial charge is 0.369 e. The monoisotopic (exact) mass is 428 g/mol. The normalized spacial score (nSPS) is 18.0. The molecule has 7 heteroatoms. The number of benzene rings is 1. The van der Waals surface area contributed by atoms with Crippen molar-refractivity contribution < 1.29 is 0 Å². The van der Waals surface area contributed by atoms with Gasteiger partial charge in [0.15, 0.2) is 5.96 Å². The first-order chi connectivity index (χ1) is 10.1. The summed E-state index contributed by atoms with van der Waals surface area (Å²) < 4.78 is 1.84. The molecular formula is C14H11Br2ClN4. The maximum Gasteiger partial charge on any atom is 0.196 e. The van der Waals surface area contributed by atoms with Gasteiger partial charge in [-0.1, -0.05) is 11.6 Å². The predicted octanol–water partition coefficient (Wildman–Crippen LogP) is 4.14. The third-order valence-electron chi connectivity index (χ3n) is 3.24. The Morgan fingerprint density at radius 2 is 1.95 bits per heavy atom. The molecule has 0 radical (unpaired) electrons. The molecule has 0 spiro atoms. The fourth-order valence-corrected chi connectivity index (χ4v) is 3.67. The molecule has 21 heavy (non-hydrogen) atoms. The van der Waals surface area contributed by atoms with Crippen molar-refractivity contribution in [3.05, 3.63) is 56.2 Å². The molecule has 4 nitrogen and oxygen atoms in total. The maximum absolute atomic E-state index is 6.05. The molecule has 2 aromatic rings. The van der Waals surface area contributed by atoms with Crippen LogP contribution in [0.4, 0.5) is 5.69 Å². The van der Waals surface area contributed by atoms with Crippen molar-refractivity contribution >= 4 is 55.1 Å². The number of aliphatic imine (C=N–C) groups is 1. The molecule has 2 N–H and O–H groups in total. The molecule has 1 aromatic carbocycles. The van der Waals surface area contributed by atoms with E-state index in [-0.39, 0.29) is 6.04 Å². The van der Waals surface area contributed by atoms with Crippen LogP contribution >= 0.6 is 43.5 Å². The number of anilines is 1. The first-order valence-corrected chi connectivity index (χ1v) is 8.18. The summed E-state index contributed by atoms with van der Waals surface area (Å²) in [5.74, 6) is 0.485. The van der Waals surface area contributed by atoms with Gasteiger partial charge in [0.05, 0.1) is 18.3 Å². The molecule has 0 aliphatic carbocycles. The van der Waals surface area contributed by atoms with Crippen molar-refractivity contribution in [2.45, 2.75) is 6.04 Å². The molecule has 0 saturated carbocycles. The molecule has 3 rings (SSSR count). The van der Waals surface area contributed by atoms with Gasteiger partial charge in [-0.2, -0.15) is 0 Å². The van der Waals surface area contributed by atoms with Crippen LogP contribution in [0, 0.1) is 0 Å². The maximum atomic E-state index is 6.05. The first kappa shape index (κ1) is 14.8. The molecule has 0 saturated heterocycles. The van der Waals surface area contributed by atoms with Crippen LogP contribution < -0.4 is 10.6 Å². The van der Waals surface area contributed by atoms with E-state index in [9.17, 15) is 0 Å². The van der Waals surface area contributed by atoms with E-state index in [1.807, 2.05) is 35.2 Å². The van der Waals surface area contributed by atoms with Gasteiger partial charge in [-0.3, -0.25) is 9.98 Å². The summed E-state index contributed by atoms with van der Waals surface area (Å²) in [5, 5.41) is 0.688. The van der Waals surface area contributed by atoms with Gasteiger partial charge in [0, 0.05) is 25.9 Å². The van der Waals surface area contributed by atoms with Gasteiger partial charge < -0.3 is 10.6 Å². The predicted molar refractivity (Wildman–Crippen MR) is 92.8 cm³/mol. The Hall–Kier alpha value is -1.11. The quantitative estimate of drug-likeness (QED) is 0.779. The second-order valence-electron chi connectivity index (χ2n) is 4.58. The highest BCUT2D eigenvalue weighted by Gasteiger charge is 2.31. The first-order valence-electron chi connectivity index (χ1n) is 6.22. The Morgan fingerprint density at radius 3 is 2.62 bits per heavy atom. The van der Waals surface area contributed by atoms with Crippen LogP contribution in [0.15, 0.2) is 50.5 Å². The van der Waals surface area contributed by atoms with Crippen molar-refractivity contribution in [2.75, 3.05) is 11.4 Å². The van der Waals surface area contributed by atoms with Crippen molar-refractivity contribution in [3.63, 3.8) is 0 Å². The number of hydrogen-bond acceptors (Lipinski definition) is 4. The van der Waals surface area contributed by atoms with Crippen LogP contribution in [0.5, 0.6) is 0 Å². The van der Waals surface area contributed by atoms with Gasteiger partial charge in [-0.05, 0) is 62.2 Å². The summed E-state index contributed by atoms with van der Waals surface area (Å²) in [5.41, 5.74) is 7.89. The minimum atomic E-state index is -0.0337. The molecule has 1 unspecified atom stereocenters. The fourth-order valence-electron chi connectivity index (χ4n) is 2.29. The van der Waals surface area contributed by atoms with Gasteiger partial charge in [0.1, 0.15) is 0 Å². The molecule has 1 aliphatic rings. The van der Waals surface area contributed by atoms with Crippen LogP contribution in [-0.2, 0) is 0 Å². The summed E-state index contributed by atoms with van der Waals surface area (Å²) in [7, 11) is 0. The highest BCUT2D eigenvalue weighted by atomic mass is 79.9. The fraction of sp³-hybridized carbons (Fsp3) is 0.143. The summed E-state index contributed by atoms with van der Waals surface area (Å²) in [4.78, 5) is 10.8. The molecule has 108 valence electrons. The van der Waals surface area contributed by atoms with E-state index in [1.54, 1.807) is 6.20 Å². The van der Waals surface area contributed by atoms with E-state index < -0.39 is 0 Å². The third-order valence-corrected chi connectivity index (χ3v) is 4.56. The lowest BCUT2D eigenvalue weighted by molar-refractivity contribution is 0.734. The van der Waals surface area contributed by atoms with Gasteiger partial charge >= 0.3 is 0 Å². The van der Waals surface area contributed by atoms with Crippen LogP contribution in [0.25, 0.3) is 0 Å². The zero-order chi connectivity index (χ0) is 15.0. The number of nitrogens with two attached hydrogens (primary N) is 1. The number of halogens is 3. The van der Waals surface area contributed by atoms with Crippen molar-refractivity contribution in [2.24, 2.45) is 10.7 Å². The molecular weight excluding hydrogens is 419 g/mol. The highest BCUT2D eigenvalue weighted by molar-refractivity contribution is 9.11. The molecule has 0 amide bonds. The molecule has 1 atom stereocenters. The molecule has 0 fully saturated rings. The third kappa shape index (κ3) is 2.93. The minimum Gasteiger partial charge on any atom is -0.369 e. The summed E-state index contributed by atoms with van der Waals surface area (Å²) in [6, 6.07) is 9.46. The average Bonchev–Trinajstić information content (AvgIpc) is 2.82. The summed E-state index contributed by atoms with van der Waals surface area (Å²) >= 11 is 12.9. The van der Waals surface area contributed by atoms with E-state index >= 15 is 0 Å². The van der Waals surface area contributed by atoms with E-state index in [0.717, 1.165) is 20.3 Å². The van der Waals surface area contributed by atoms with E-state index in [1.165, 1.54) is 0 Å². The molecule has 1 aromatic heterocycles. The van der Waals surface area contributed by atoms with Crippen LogP contribution in [-0.4, -0.2) is 17.5 Å². The van der Waals surface area contributed by atoms with Crippen LogP contribution in [0.2, 0.25) is 5.02 Å². The lowest BCUT2D eigenvalue weighted by atomic mass is 10.1. The van der Waals surface area contributed by atoms with Gasteiger partial charge in [-0.15, -0.1) is 0 Å². The Morgan fingerprint density at radius 1 is 1.24 bits per heavy atom. The SMILES string of the molecule is NC1=NCC(c2ncc(Br)cc2Br)N1c1ccc(Cl)cc1. The second kappa shape index (κ2) is 5.94. The highest BCUT2D eigenvalue weighted by Crippen LogP contribution is 2.34. The van der Waals surface area contributed by atoms with Crippen LogP contribution in [0.3, 0.4) is 0 Å². The van der Waals surface area contributed by atoms with E-state index in [2.05, 4.69) is 41.8 Å². The van der Waals surface area contributed by atoms with E-state index in [0.29, 0.717) is 17.5 Å². The van der Waals surface area contributed by atoms with Gasteiger partial charge in [0.2, 0.25) is 0 Å². The topological polar surface area (TPSA) is 54.5 Å². The molecule has 2 heterocycles. The summed E-state index contributed by atoms with van der Waals surface area (Å²) in [6.45, 7) is 0.571. The zero-order valence-electron chi connectivity index (χ0n) is 10.8. The molecule has 1 aliphatic heterocycles. The lowest BCUT2D eigenvalue weighted by Gasteiger charge is -2.26. The standard InChI is InChI=1S/C14H11Br2ClN4/c15-8-5-11(16)13(19-6-8)12-7-20-14(18)21(12)10-3-1-9(17)2-4-10/h1-6,12H,7H2,(H2,18,20). The Balaban J connectivity index is 2.00. The number of aromatic nitrogens is 1. The number of hydrogen-bond donors (Lipinski definition) is 1. The summed E-state index contributed by atoms with van der Waals surface area (Å²) in [6.07, 6.45) is 1.77. The van der Waals surface area contributed by atoms with E-state index in [4.69, 9.17) is 17.3 Å². The smallest absolute Gasteiger partial charge is 0.196 e. The van der Waals surface area contributed by atoms with Crippen molar-refractivity contribution in [1.82, 2.24) is 4.98 Å².